The molecule has 2 atom stereocenters. The van der Waals surface area contributed by atoms with Crippen molar-refractivity contribution >= 4 is 5.91 Å². The number of alkyl halides is 3. The highest BCUT2D eigenvalue weighted by molar-refractivity contribution is 5.75. The van der Waals surface area contributed by atoms with Crippen molar-refractivity contribution in [3.05, 3.63) is 53.9 Å². The van der Waals surface area contributed by atoms with Gasteiger partial charge in [-0.3, -0.25) is 9.48 Å². The molecule has 0 spiro atoms. The minimum Gasteiger partial charge on any atom is -0.338 e. The molecule has 6 nitrogen and oxygen atoms in total. The van der Waals surface area contributed by atoms with E-state index >= 15 is 0 Å². The Kier molecular flexibility index (Phi) is 4.54. The Morgan fingerprint density at radius 1 is 1.25 bits per heavy atom. The third-order valence-electron chi connectivity index (χ3n) is 3.68. The minimum atomic E-state index is -4.51. The second-order valence-electron chi connectivity index (χ2n) is 5.50. The van der Waals surface area contributed by atoms with Crippen LogP contribution in [0.15, 0.2) is 42.6 Å². The van der Waals surface area contributed by atoms with Gasteiger partial charge in [-0.05, 0) is 11.6 Å². The Morgan fingerprint density at radius 3 is 2.67 bits per heavy atom. The van der Waals surface area contributed by atoms with Gasteiger partial charge in [-0.1, -0.05) is 30.3 Å². The SMILES string of the molecule is O=C(Cn1ccc(C(F)(F)F)n1)NC1CC(c2ccccc2)NN1. The summed E-state index contributed by atoms with van der Waals surface area (Å²) in [6, 6.07) is 10.6. The van der Waals surface area contributed by atoms with Gasteiger partial charge in [0.25, 0.3) is 0 Å². The summed E-state index contributed by atoms with van der Waals surface area (Å²) in [4.78, 5) is 11.9. The molecule has 2 unspecified atom stereocenters. The van der Waals surface area contributed by atoms with Gasteiger partial charge in [0.05, 0.1) is 6.17 Å². The standard InChI is InChI=1S/C15H16F3N5O/c16-15(17,18)12-6-7-23(22-12)9-14(24)19-13-8-11(20-21-13)10-4-2-1-3-5-10/h1-7,11,13,20-21H,8-9H2,(H,19,24). The second-order valence-corrected chi connectivity index (χ2v) is 5.50. The lowest BCUT2D eigenvalue weighted by molar-refractivity contribution is -0.141. The Hall–Kier alpha value is -2.39. The average molecular weight is 339 g/mol. The number of nitrogens with one attached hydrogen (secondary N) is 3. The molecule has 1 fully saturated rings. The molecule has 3 N–H and O–H groups in total. The molecule has 24 heavy (non-hydrogen) atoms. The first-order valence-electron chi connectivity index (χ1n) is 7.38. The number of hydrogen-bond acceptors (Lipinski definition) is 4. The second kappa shape index (κ2) is 6.62. The fourth-order valence-electron chi connectivity index (χ4n) is 2.54. The zero-order valence-electron chi connectivity index (χ0n) is 12.5. The smallest absolute Gasteiger partial charge is 0.338 e. The topological polar surface area (TPSA) is 71.0 Å². The fourth-order valence-corrected chi connectivity index (χ4v) is 2.54. The van der Waals surface area contributed by atoms with Crippen LogP contribution >= 0.6 is 0 Å². The van der Waals surface area contributed by atoms with E-state index in [0.29, 0.717) is 6.42 Å². The van der Waals surface area contributed by atoms with Gasteiger partial charge in [0.2, 0.25) is 5.91 Å². The van der Waals surface area contributed by atoms with E-state index in [1.54, 1.807) is 0 Å². The highest BCUT2D eigenvalue weighted by Gasteiger charge is 2.33. The zero-order chi connectivity index (χ0) is 17.2. The van der Waals surface area contributed by atoms with Crippen molar-refractivity contribution in [1.82, 2.24) is 25.9 Å². The molecule has 1 aliphatic heterocycles. The van der Waals surface area contributed by atoms with Crippen LogP contribution in [-0.4, -0.2) is 21.9 Å². The van der Waals surface area contributed by atoms with Crippen molar-refractivity contribution in [3.8, 4) is 0 Å². The summed E-state index contributed by atoms with van der Waals surface area (Å²) in [5.41, 5.74) is 6.11. The van der Waals surface area contributed by atoms with E-state index in [0.717, 1.165) is 22.5 Å². The van der Waals surface area contributed by atoms with Crippen LogP contribution in [0.25, 0.3) is 0 Å². The van der Waals surface area contributed by atoms with Crippen LogP contribution in [0.1, 0.15) is 23.7 Å². The van der Waals surface area contributed by atoms with Crippen LogP contribution in [0.3, 0.4) is 0 Å². The molecule has 1 aromatic carbocycles. The first kappa shape index (κ1) is 16.5. The highest BCUT2D eigenvalue weighted by Crippen LogP contribution is 2.27. The molecule has 128 valence electrons. The van der Waals surface area contributed by atoms with Crippen LogP contribution < -0.4 is 16.2 Å². The third kappa shape index (κ3) is 3.92. The number of aromatic nitrogens is 2. The maximum Gasteiger partial charge on any atom is 0.435 e. The van der Waals surface area contributed by atoms with Crippen LogP contribution in [0.5, 0.6) is 0 Å². The first-order chi connectivity index (χ1) is 11.4. The average Bonchev–Trinajstić information content (AvgIpc) is 3.17. The molecule has 0 saturated carbocycles. The van der Waals surface area contributed by atoms with Gasteiger partial charge in [-0.2, -0.15) is 18.3 Å². The van der Waals surface area contributed by atoms with Crippen molar-refractivity contribution in [1.29, 1.82) is 0 Å². The number of benzene rings is 1. The van der Waals surface area contributed by atoms with E-state index in [-0.39, 0.29) is 18.8 Å². The Balaban J connectivity index is 1.52. The summed E-state index contributed by atoms with van der Waals surface area (Å²) in [5.74, 6) is -0.417. The molecule has 0 radical (unpaired) electrons. The Morgan fingerprint density at radius 2 is 2.00 bits per heavy atom. The lowest BCUT2D eigenvalue weighted by Gasteiger charge is -2.12. The zero-order valence-corrected chi connectivity index (χ0v) is 12.5. The number of halogens is 3. The molecule has 2 aromatic rings. The summed E-state index contributed by atoms with van der Waals surface area (Å²) < 4.78 is 38.4. The highest BCUT2D eigenvalue weighted by atomic mass is 19.4. The molecule has 3 rings (SSSR count). The van der Waals surface area contributed by atoms with E-state index in [1.807, 2.05) is 30.3 Å². The van der Waals surface area contributed by atoms with Crippen LogP contribution in [0.4, 0.5) is 13.2 Å². The van der Waals surface area contributed by atoms with Gasteiger partial charge in [0.1, 0.15) is 6.54 Å². The number of nitrogens with zero attached hydrogens (tertiary/aromatic N) is 2. The van der Waals surface area contributed by atoms with Gasteiger partial charge < -0.3 is 5.32 Å². The van der Waals surface area contributed by atoms with Gasteiger partial charge in [-0.25, -0.2) is 10.9 Å². The maximum absolute atomic E-state index is 12.5. The first-order valence-corrected chi connectivity index (χ1v) is 7.38. The Labute approximate surface area is 136 Å². The van der Waals surface area contributed by atoms with E-state index in [9.17, 15) is 18.0 Å². The number of rotatable bonds is 4. The lowest BCUT2D eigenvalue weighted by Crippen LogP contribution is -2.45. The summed E-state index contributed by atoms with van der Waals surface area (Å²) in [7, 11) is 0. The monoisotopic (exact) mass is 339 g/mol. The van der Waals surface area contributed by atoms with Crippen molar-refractivity contribution in [3.63, 3.8) is 0 Å². The molecular weight excluding hydrogens is 323 g/mol. The quantitative estimate of drug-likeness (QED) is 0.791. The minimum absolute atomic E-state index is 0.0537. The van der Waals surface area contributed by atoms with Gasteiger partial charge in [0.15, 0.2) is 5.69 Å². The Bertz CT molecular complexity index is 701. The van der Waals surface area contributed by atoms with Crippen LogP contribution in [0, 0.1) is 0 Å². The molecule has 1 aliphatic rings. The number of amides is 1. The van der Waals surface area contributed by atoms with Gasteiger partial charge >= 0.3 is 6.18 Å². The lowest BCUT2D eigenvalue weighted by atomic mass is 10.0. The third-order valence-corrected chi connectivity index (χ3v) is 3.68. The van der Waals surface area contributed by atoms with Crippen molar-refractivity contribution in [2.24, 2.45) is 0 Å². The summed E-state index contributed by atoms with van der Waals surface area (Å²) in [6.07, 6.45) is -3.06. The number of carbonyl (C=O) groups is 1. The van der Waals surface area contributed by atoms with E-state index in [2.05, 4.69) is 21.3 Å². The molecule has 1 amide bonds. The normalized spacial score (nSPS) is 21.0. The molecule has 9 heteroatoms. The number of hydrazine groups is 1. The van der Waals surface area contributed by atoms with Gasteiger partial charge in [0, 0.05) is 18.7 Å². The number of hydrogen-bond donors (Lipinski definition) is 3. The molecule has 2 heterocycles. The maximum atomic E-state index is 12.5. The van der Waals surface area contributed by atoms with Crippen molar-refractivity contribution in [2.45, 2.75) is 31.3 Å². The van der Waals surface area contributed by atoms with Crippen LogP contribution in [0.2, 0.25) is 0 Å². The largest absolute Gasteiger partial charge is 0.435 e. The summed E-state index contributed by atoms with van der Waals surface area (Å²) in [6.45, 7) is -0.274. The number of carbonyl (C=O) groups excluding carboxylic acids is 1. The molecule has 1 aromatic heterocycles. The van der Waals surface area contributed by atoms with E-state index in [1.165, 1.54) is 0 Å². The van der Waals surface area contributed by atoms with Crippen molar-refractivity contribution < 1.29 is 18.0 Å². The molecular formula is C15H16F3N5O. The molecule has 0 aliphatic carbocycles. The van der Waals surface area contributed by atoms with E-state index < -0.39 is 17.8 Å². The fraction of sp³-hybridized carbons (Fsp3) is 0.333. The van der Waals surface area contributed by atoms with Crippen LogP contribution in [-0.2, 0) is 17.5 Å². The predicted octanol–water partition coefficient (Wildman–Crippen LogP) is 1.58. The van der Waals surface area contributed by atoms with Crippen molar-refractivity contribution in [2.75, 3.05) is 0 Å². The molecule has 0 bridgehead atoms. The summed E-state index contributed by atoms with van der Waals surface area (Å²) in [5, 5.41) is 6.07. The molecule has 1 saturated heterocycles. The summed E-state index contributed by atoms with van der Waals surface area (Å²) >= 11 is 0. The van der Waals surface area contributed by atoms with E-state index in [4.69, 9.17) is 0 Å². The predicted molar refractivity (Wildman–Crippen MR) is 79.2 cm³/mol. The van der Waals surface area contributed by atoms with Gasteiger partial charge in [-0.15, -0.1) is 0 Å².